The summed E-state index contributed by atoms with van der Waals surface area (Å²) in [5, 5.41) is 8.65. The van der Waals surface area contributed by atoms with Crippen molar-refractivity contribution in [1.82, 2.24) is 0 Å². The van der Waals surface area contributed by atoms with E-state index in [1.165, 1.54) is 18.7 Å². The number of esters is 1. The molecule has 0 aliphatic rings. The molecule has 1 rings (SSSR count). The van der Waals surface area contributed by atoms with Gasteiger partial charge in [-0.25, -0.2) is 0 Å². The van der Waals surface area contributed by atoms with Crippen molar-refractivity contribution >= 4 is 23.7 Å². The molecule has 6 heteroatoms. The summed E-state index contributed by atoms with van der Waals surface area (Å²) in [5.74, 6) is -0.0411. The molecule has 0 fully saturated rings. The molecular formula is C12H15NO4S. The highest BCUT2D eigenvalue weighted by atomic mass is 32.2. The molecule has 0 aromatic heterocycles. The second-order valence-electron chi connectivity index (χ2n) is 3.66. The summed E-state index contributed by atoms with van der Waals surface area (Å²) in [6, 6.07) is 6.26. The number of carboxylic acid groups (broad SMARTS) is 1. The van der Waals surface area contributed by atoms with Crippen molar-refractivity contribution < 1.29 is 19.4 Å². The fourth-order valence-corrected chi connectivity index (χ4v) is 2.22. The first-order valence-corrected chi connectivity index (χ1v) is 6.48. The predicted molar refractivity (Wildman–Crippen MR) is 69.5 cm³/mol. The lowest BCUT2D eigenvalue weighted by Crippen LogP contribution is -2.32. The molecule has 0 saturated heterocycles. The average Bonchev–Trinajstić information content (AvgIpc) is 2.30. The molecule has 1 atom stereocenters. The number of hydrogen-bond acceptors (Lipinski definition) is 5. The summed E-state index contributed by atoms with van der Waals surface area (Å²) >= 11 is 1.39. The molecule has 0 radical (unpaired) electrons. The highest BCUT2D eigenvalue weighted by Gasteiger charge is 2.12. The van der Waals surface area contributed by atoms with Crippen LogP contribution in [0.3, 0.4) is 0 Å². The molecule has 0 unspecified atom stereocenters. The van der Waals surface area contributed by atoms with Gasteiger partial charge in [-0.05, 0) is 6.07 Å². The summed E-state index contributed by atoms with van der Waals surface area (Å²) < 4.78 is 5.05. The van der Waals surface area contributed by atoms with Crippen molar-refractivity contribution in [3.63, 3.8) is 0 Å². The number of carbonyl (C=O) groups is 2. The third-order valence-corrected chi connectivity index (χ3v) is 3.21. The lowest BCUT2D eigenvalue weighted by atomic mass is 10.2. The first-order valence-electron chi connectivity index (χ1n) is 5.33. The van der Waals surface area contributed by atoms with Crippen LogP contribution in [0.1, 0.15) is 12.5 Å². The third kappa shape index (κ3) is 4.77. The van der Waals surface area contributed by atoms with Crippen LogP contribution >= 0.6 is 11.8 Å². The fraction of sp³-hybridized carbons (Fsp3) is 0.333. The first-order chi connectivity index (χ1) is 8.50. The Morgan fingerprint density at radius 2 is 2.11 bits per heavy atom. The molecule has 0 aliphatic heterocycles. The van der Waals surface area contributed by atoms with E-state index in [4.69, 9.17) is 15.6 Å². The molecule has 18 heavy (non-hydrogen) atoms. The molecule has 0 spiro atoms. The first kappa shape index (κ1) is 14.5. The highest BCUT2D eigenvalue weighted by Crippen LogP contribution is 2.23. The number of benzene rings is 1. The Kier molecular flexibility index (Phi) is 5.67. The van der Waals surface area contributed by atoms with Crippen LogP contribution in [0.2, 0.25) is 0 Å². The molecule has 98 valence electrons. The van der Waals surface area contributed by atoms with E-state index in [1.807, 2.05) is 12.1 Å². The maximum absolute atomic E-state index is 10.9. The maximum Gasteiger partial charge on any atom is 0.321 e. The molecule has 5 nitrogen and oxygen atoms in total. The van der Waals surface area contributed by atoms with E-state index in [1.54, 1.807) is 12.1 Å². The standard InChI is InChI=1S/C12H15NO4S/c1-8(14)17-11-5-3-2-4-9(11)6-18-7-10(13)12(15)16/h2-5,10H,6-7,13H2,1H3,(H,15,16)/t10-/m0/s1. The summed E-state index contributed by atoms with van der Waals surface area (Å²) in [6.45, 7) is 1.34. The van der Waals surface area contributed by atoms with E-state index in [0.29, 0.717) is 17.3 Å². The number of thioether (sulfide) groups is 1. The number of carboxylic acids is 1. The Labute approximate surface area is 109 Å². The van der Waals surface area contributed by atoms with Gasteiger partial charge in [0.05, 0.1) is 0 Å². The van der Waals surface area contributed by atoms with Gasteiger partial charge in [0.2, 0.25) is 0 Å². The lowest BCUT2D eigenvalue weighted by molar-refractivity contribution is -0.138. The number of nitrogens with two attached hydrogens (primary N) is 1. The molecule has 1 aromatic rings. The predicted octanol–water partition coefficient (Wildman–Crippen LogP) is 1.26. The average molecular weight is 269 g/mol. The maximum atomic E-state index is 10.9. The van der Waals surface area contributed by atoms with Gasteiger partial charge >= 0.3 is 11.9 Å². The zero-order valence-corrected chi connectivity index (χ0v) is 10.8. The van der Waals surface area contributed by atoms with Crippen molar-refractivity contribution in [2.24, 2.45) is 5.73 Å². The van der Waals surface area contributed by atoms with Gasteiger partial charge in [0.15, 0.2) is 0 Å². The minimum atomic E-state index is -1.02. The number of ether oxygens (including phenoxy) is 1. The Morgan fingerprint density at radius 1 is 1.44 bits per heavy atom. The van der Waals surface area contributed by atoms with Crippen LogP contribution in [0, 0.1) is 0 Å². The van der Waals surface area contributed by atoms with E-state index in [-0.39, 0.29) is 5.97 Å². The van der Waals surface area contributed by atoms with Gasteiger partial charge in [-0.1, -0.05) is 18.2 Å². The Morgan fingerprint density at radius 3 is 2.72 bits per heavy atom. The van der Waals surface area contributed by atoms with Gasteiger partial charge in [-0.15, -0.1) is 0 Å². The van der Waals surface area contributed by atoms with Crippen LogP contribution in [-0.4, -0.2) is 28.8 Å². The van der Waals surface area contributed by atoms with Crippen LogP contribution < -0.4 is 10.5 Å². The van der Waals surface area contributed by atoms with Gasteiger partial charge in [0.25, 0.3) is 0 Å². The van der Waals surface area contributed by atoms with Gasteiger partial charge in [-0.2, -0.15) is 11.8 Å². The Bertz CT molecular complexity index is 436. The minimum Gasteiger partial charge on any atom is -0.480 e. The number of hydrogen-bond donors (Lipinski definition) is 2. The monoisotopic (exact) mass is 269 g/mol. The quantitative estimate of drug-likeness (QED) is 0.597. The minimum absolute atomic E-state index is 0.309. The number of carbonyl (C=O) groups excluding carboxylic acids is 1. The second kappa shape index (κ2) is 7.03. The summed E-state index contributed by atoms with van der Waals surface area (Å²) in [7, 11) is 0. The van der Waals surface area contributed by atoms with Crippen molar-refractivity contribution in [2.75, 3.05) is 5.75 Å². The summed E-state index contributed by atoms with van der Waals surface area (Å²) in [5.41, 5.74) is 6.24. The molecular weight excluding hydrogens is 254 g/mol. The molecule has 0 heterocycles. The molecule has 1 aromatic carbocycles. The van der Waals surface area contributed by atoms with Crippen molar-refractivity contribution in [1.29, 1.82) is 0 Å². The van der Waals surface area contributed by atoms with Crippen LogP contribution in [0.15, 0.2) is 24.3 Å². The second-order valence-corrected chi connectivity index (χ2v) is 4.69. The zero-order chi connectivity index (χ0) is 13.5. The summed E-state index contributed by atoms with van der Waals surface area (Å²) in [6.07, 6.45) is 0. The number of para-hydroxylation sites is 1. The summed E-state index contributed by atoms with van der Waals surface area (Å²) in [4.78, 5) is 21.5. The zero-order valence-electron chi connectivity index (χ0n) is 9.96. The van der Waals surface area contributed by atoms with Crippen molar-refractivity contribution in [3.05, 3.63) is 29.8 Å². The van der Waals surface area contributed by atoms with Gasteiger partial charge in [0, 0.05) is 24.0 Å². The van der Waals surface area contributed by atoms with E-state index in [0.717, 1.165) is 5.56 Å². The van der Waals surface area contributed by atoms with Gasteiger partial charge < -0.3 is 15.6 Å². The SMILES string of the molecule is CC(=O)Oc1ccccc1CSC[C@H](N)C(=O)O. The molecule has 0 amide bonds. The molecule has 0 bridgehead atoms. The number of aliphatic carboxylic acids is 1. The normalized spacial score (nSPS) is 11.9. The van der Waals surface area contributed by atoms with E-state index in [2.05, 4.69) is 0 Å². The molecule has 3 N–H and O–H groups in total. The van der Waals surface area contributed by atoms with Crippen LogP contribution in [0.5, 0.6) is 5.75 Å². The number of rotatable bonds is 6. The van der Waals surface area contributed by atoms with Gasteiger partial charge in [0.1, 0.15) is 11.8 Å². The van der Waals surface area contributed by atoms with E-state index < -0.39 is 12.0 Å². The van der Waals surface area contributed by atoms with Crippen molar-refractivity contribution in [2.45, 2.75) is 18.7 Å². The Balaban J connectivity index is 2.56. The van der Waals surface area contributed by atoms with Crippen molar-refractivity contribution in [3.8, 4) is 5.75 Å². The smallest absolute Gasteiger partial charge is 0.321 e. The topological polar surface area (TPSA) is 89.6 Å². The van der Waals surface area contributed by atoms with Gasteiger partial charge in [-0.3, -0.25) is 9.59 Å². The fourth-order valence-electron chi connectivity index (χ4n) is 1.24. The van der Waals surface area contributed by atoms with Crippen LogP contribution in [0.25, 0.3) is 0 Å². The van der Waals surface area contributed by atoms with E-state index >= 15 is 0 Å². The molecule has 0 saturated carbocycles. The van der Waals surface area contributed by atoms with Crippen LogP contribution in [0.4, 0.5) is 0 Å². The highest BCUT2D eigenvalue weighted by molar-refractivity contribution is 7.98. The van der Waals surface area contributed by atoms with Crippen LogP contribution in [-0.2, 0) is 15.3 Å². The Hall–Kier alpha value is -1.53. The molecule has 0 aliphatic carbocycles. The largest absolute Gasteiger partial charge is 0.480 e. The van der Waals surface area contributed by atoms with E-state index in [9.17, 15) is 9.59 Å². The third-order valence-electron chi connectivity index (χ3n) is 2.10. The lowest BCUT2D eigenvalue weighted by Gasteiger charge is -2.09.